The van der Waals surface area contributed by atoms with E-state index in [0.717, 1.165) is 27.5 Å². The summed E-state index contributed by atoms with van der Waals surface area (Å²) < 4.78 is 0. The molecule has 4 aromatic carbocycles. The fourth-order valence-electron chi connectivity index (χ4n) is 3.43. The number of hydrogen-bond donors (Lipinski definition) is 0. The van der Waals surface area contributed by atoms with E-state index in [1.165, 1.54) is 0 Å². The number of hydrogen-bond acceptors (Lipinski definition) is 1. The van der Waals surface area contributed by atoms with Crippen molar-refractivity contribution in [3.05, 3.63) is 106 Å². The molecule has 4 aromatic rings. The second-order valence-electron chi connectivity index (χ2n) is 6.72. The summed E-state index contributed by atoms with van der Waals surface area (Å²) in [5.41, 5.74) is 3.82. The summed E-state index contributed by atoms with van der Waals surface area (Å²) in [5.74, 6) is 6.37. The molecule has 0 fully saturated rings. The summed E-state index contributed by atoms with van der Waals surface area (Å²) in [7, 11) is 0. The Kier molecular flexibility index (Phi) is 5.41. The third-order valence-electron chi connectivity index (χ3n) is 4.69. The molecule has 4 rings (SSSR count). The van der Waals surface area contributed by atoms with E-state index in [2.05, 4.69) is 11.8 Å². The molecule has 1 nitrogen and oxygen atoms in total. The van der Waals surface area contributed by atoms with Gasteiger partial charge in [0.25, 0.3) is 0 Å². The van der Waals surface area contributed by atoms with Gasteiger partial charge >= 0.3 is 0 Å². The van der Waals surface area contributed by atoms with E-state index >= 15 is 0 Å². The van der Waals surface area contributed by atoms with Crippen LogP contribution in [-0.4, -0.2) is 5.78 Å². The average molecular weight is 415 g/mol. The first-order chi connectivity index (χ1) is 14.0. The van der Waals surface area contributed by atoms with Gasteiger partial charge < -0.3 is 0 Å². The molecule has 0 amide bonds. The van der Waals surface area contributed by atoms with Gasteiger partial charge in [0.15, 0.2) is 5.78 Å². The van der Waals surface area contributed by atoms with Crippen LogP contribution in [0.1, 0.15) is 28.4 Å². The highest BCUT2D eigenvalue weighted by molar-refractivity contribution is 6.31. The van der Waals surface area contributed by atoms with Crippen LogP contribution in [-0.2, 0) is 0 Å². The Hall–Kier alpha value is -3.05. The summed E-state index contributed by atoms with van der Waals surface area (Å²) >= 11 is 12.3. The lowest BCUT2D eigenvalue weighted by molar-refractivity contribution is 0.101. The number of rotatable bonds is 2. The summed E-state index contributed by atoms with van der Waals surface area (Å²) in [6, 6.07) is 24.9. The molecule has 140 valence electrons. The van der Waals surface area contributed by atoms with Crippen molar-refractivity contribution in [1.82, 2.24) is 0 Å². The molecule has 0 aliphatic carbocycles. The predicted octanol–water partition coefficient (Wildman–Crippen LogP) is 7.42. The SMILES string of the molecule is CC(=O)c1c(-c2cccc(Cl)c2)cc2ccccc2c1C#Cc1cccc(Cl)c1. The van der Waals surface area contributed by atoms with Crippen LogP contribution < -0.4 is 0 Å². The fourth-order valence-corrected chi connectivity index (χ4v) is 3.81. The van der Waals surface area contributed by atoms with Gasteiger partial charge in [-0.15, -0.1) is 0 Å². The number of carbonyl (C=O) groups is 1. The van der Waals surface area contributed by atoms with Crippen LogP contribution in [0.25, 0.3) is 21.9 Å². The van der Waals surface area contributed by atoms with Gasteiger partial charge in [-0.2, -0.15) is 0 Å². The molecule has 0 N–H and O–H groups in total. The number of fused-ring (bicyclic) bond motifs is 1. The minimum atomic E-state index is -0.0406. The Morgan fingerprint density at radius 1 is 0.793 bits per heavy atom. The Labute approximate surface area is 179 Å². The third-order valence-corrected chi connectivity index (χ3v) is 5.16. The van der Waals surface area contributed by atoms with Crippen LogP contribution in [0.15, 0.2) is 78.9 Å². The zero-order chi connectivity index (χ0) is 20.4. The average Bonchev–Trinajstić information content (AvgIpc) is 2.71. The quantitative estimate of drug-likeness (QED) is 0.246. The molecule has 29 heavy (non-hydrogen) atoms. The first-order valence-corrected chi connectivity index (χ1v) is 9.89. The summed E-state index contributed by atoms with van der Waals surface area (Å²) in [4.78, 5) is 12.7. The van der Waals surface area contributed by atoms with Gasteiger partial charge in [-0.05, 0) is 65.2 Å². The van der Waals surface area contributed by atoms with Crippen LogP contribution in [0, 0.1) is 11.8 Å². The van der Waals surface area contributed by atoms with Crippen molar-refractivity contribution >= 4 is 39.8 Å². The molecule has 0 atom stereocenters. The van der Waals surface area contributed by atoms with Crippen molar-refractivity contribution in [3.8, 4) is 23.0 Å². The lowest BCUT2D eigenvalue weighted by Crippen LogP contribution is -2.02. The maximum Gasteiger partial charge on any atom is 0.161 e. The lowest BCUT2D eigenvalue weighted by atomic mass is 9.88. The highest BCUT2D eigenvalue weighted by Gasteiger charge is 2.17. The molecule has 0 spiro atoms. The molecule has 0 saturated carbocycles. The van der Waals surface area contributed by atoms with Gasteiger partial charge in [-0.1, -0.05) is 77.5 Å². The fraction of sp³-hybridized carbons (Fsp3) is 0.0385. The summed E-state index contributed by atoms with van der Waals surface area (Å²) in [6.07, 6.45) is 0. The maximum atomic E-state index is 12.7. The van der Waals surface area contributed by atoms with Crippen LogP contribution in [0.4, 0.5) is 0 Å². The zero-order valence-corrected chi connectivity index (χ0v) is 17.2. The Balaban J connectivity index is 2.04. The van der Waals surface area contributed by atoms with Crippen LogP contribution in [0.2, 0.25) is 10.0 Å². The second kappa shape index (κ2) is 8.13. The van der Waals surface area contributed by atoms with E-state index in [1.54, 1.807) is 6.92 Å². The number of Topliss-reactive ketones (excluding diaryl/α,β-unsaturated/α-hetero) is 1. The van der Waals surface area contributed by atoms with Crippen molar-refractivity contribution in [1.29, 1.82) is 0 Å². The smallest absolute Gasteiger partial charge is 0.161 e. The molecule has 0 heterocycles. The number of benzene rings is 4. The molecule has 3 heteroatoms. The first-order valence-electron chi connectivity index (χ1n) is 9.13. The van der Waals surface area contributed by atoms with Gasteiger partial charge in [-0.25, -0.2) is 0 Å². The van der Waals surface area contributed by atoms with Crippen LogP contribution >= 0.6 is 23.2 Å². The molecule has 0 unspecified atom stereocenters. The predicted molar refractivity (Wildman–Crippen MR) is 122 cm³/mol. The van der Waals surface area contributed by atoms with E-state index in [4.69, 9.17) is 23.2 Å². The van der Waals surface area contributed by atoms with Crippen molar-refractivity contribution < 1.29 is 4.79 Å². The third kappa shape index (κ3) is 4.05. The molecular weight excluding hydrogens is 399 g/mol. The van der Waals surface area contributed by atoms with Crippen LogP contribution in [0.3, 0.4) is 0 Å². The maximum absolute atomic E-state index is 12.7. The minimum Gasteiger partial charge on any atom is -0.294 e. The van der Waals surface area contributed by atoms with Gasteiger partial charge in [0.2, 0.25) is 0 Å². The number of carbonyl (C=O) groups excluding carboxylic acids is 1. The molecule has 0 aliphatic heterocycles. The van der Waals surface area contributed by atoms with Crippen molar-refractivity contribution in [2.75, 3.05) is 0 Å². The van der Waals surface area contributed by atoms with E-state index in [1.807, 2.05) is 78.9 Å². The zero-order valence-electron chi connectivity index (χ0n) is 15.7. The molecular formula is C26H16Cl2O. The van der Waals surface area contributed by atoms with E-state index in [-0.39, 0.29) is 5.78 Å². The van der Waals surface area contributed by atoms with Crippen molar-refractivity contribution in [2.45, 2.75) is 6.92 Å². The van der Waals surface area contributed by atoms with Gasteiger partial charge in [0.1, 0.15) is 0 Å². The standard InChI is InChI=1S/C26H16Cl2O/c1-17(29)26-24(13-12-18-6-4-9-21(27)14-18)23-11-3-2-7-20(23)16-25(26)19-8-5-10-22(28)15-19/h2-11,14-16H,1H3. The molecule has 0 aliphatic rings. The molecule has 0 saturated heterocycles. The van der Waals surface area contributed by atoms with Gasteiger partial charge in [-0.3, -0.25) is 4.79 Å². The lowest BCUT2D eigenvalue weighted by Gasteiger charge is -2.14. The highest BCUT2D eigenvalue weighted by Crippen LogP contribution is 2.34. The summed E-state index contributed by atoms with van der Waals surface area (Å²) in [6.45, 7) is 1.57. The van der Waals surface area contributed by atoms with E-state index < -0.39 is 0 Å². The monoisotopic (exact) mass is 414 g/mol. The number of ketones is 1. The second-order valence-corrected chi connectivity index (χ2v) is 7.60. The highest BCUT2D eigenvalue weighted by atomic mass is 35.5. The van der Waals surface area contributed by atoms with E-state index in [0.29, 0.717) is 21.2 Å². The van der Waals surface area contributed by atoms with E-state index in [9.17, 15) is 4.79 Å². The Bertz CT molecular complexity index is 1310. The van der Waals surface area contributed by atoms with Crippen molar-refractivity contribution in [2.24, 2.45) is 0 Å². The normalized spacial score (nSPS) is 10.4. The largest absolute Gasteiger partial charge is 0.294 e. The first kappa shape index (κ1) is 19.3. The Morgan fingerprint density at radius 2 is 1.52 bits per heavy atom. The van der Waals surface area contributed by atoms with Gasteiger partial charge in [0, 0.05) is 26.7 Å². The van der Waals surface area contributed by atoms with Gasteiger partial charge in [0.05, 0.1) is 0 Å². The summed E-state index contributed by atoms with van der Waals surface area (Å²) in [5, 5.41) is 3.21. The topological polar surface area (TPSA) is 17.1 Å². The number of halogens is 2. The van der Waals surface area contributed by atoms with Crippen molar-refractivity contribution in [3.63, 3.8) is 0 Å². The molecule has 0 radical (unpaired) electrons. The Morgan fingerprint density at radius 3 is 2.24 bits per heavy atom. The minimum absolute atomic E-state index is 0.0406. The molecule has 0 bridgehead atoms. The molecule has 0 aromatic heterocycles. The van der Waals surface area contributed by atoms with Crippen LogP contribution in [0.5, 0.6) is 0 Å².